The molecule has 1 aliphatic carbocycles. The van der Waals surface area contributed by atoms with Crippen molar-refractivity contribution in [2.45, 2.75) is 25.2 Å². The maximum atomic E-state index is 13.4. The van der Waals surface area contributed by atoms with Gasteiger partial charge in [0, 0.05) is 57.2 Å². The second-order valence-electron chi connectivity index (χ2n) is 8.30. The largest absolute Gasteiger partial charge is 0.507 e. The molecule has 2 aromatic carbocycles. The molecule has 1 unspecified atom stereocenters. The Hall–Kier alpha value is -3.41. The average molecular weight is 490 g/mol. The van der Waals surface area contributed by atoms with Crippen molar-refractivity contribution in [3.05, 3.63) is 111 Å². The molecular formula is C27H21Cl2N3O2. The number of allylic oxidation sites excluding steroid dienone is 2. The van der Waals surface area contributed by atoms with Gasteiger partial charge in [0.2, 0.25) is 0 Å². The maximum absolute atomic E-state index is 13.4. The number of benzene rings is 2. The van der Waals surface area contributed by atoms with Gasteiger partial charge >= 0.3 is 0 Å². The minimum atomic E-state index is -0.616. The number of pyridine rings is 1. The zero-order valence-corrected chi connectivity index (χ0v) is 19.6. The van der Waals surface area contributed by atoms with Gasteiger partial charge in [0.15, 0.2) is 5.78 Å². The number of carbonyl (C=O) groups excluding carboxylic acids is 1. The molecule has 0 spiro atoms. The van der Waals surface area contributed by atoms with Crippen LogP contribution in [0.1, 0.15) is 36.3 Å². The van der Waals surface area contributed by atoms with Crippen molar-refractivity contribution in [1.82, 2.24) is 4.98 Å². The van der Waals surface area contributed by atoms with E-state index >= 15 is 0 Å². The molecule has 0 saturated carbocycles. The van der Waals surface area contributed by atoms with Crippen LogP contribution in [0, 0.1) is 5.41 Å². The van der Waals surface area contributed by atoms with Crippen molar-refractivity contribution in [3.8, 4) is 0 Å². The molecule has 1 aliphatic heterocycles. The summed E-state index contributed by atoms with van der Waals surface area (Å²) in [6.07, 6.45) is 5.06. The summed E-state index contributed by atoms with van der Waals surface area (Å²) in [6.45, 7) is 0. The van der Waals surface area contributed by atoms with Gasteiger partial charge in [-0.05, 0) is 42.7 Å². The van der Waals surface area contributed by atoms with Crippen LogP contribution in [-0.2, 0) is 4.79 Å². The molecule has 0 amide bonds. The van der Waals surface area contributed by atoms with Crippen molar-refractivity contribution in [3.63, 3.8) is 0 Å². The summed E-state index contributed by atoms with van der Waals surface area (Å²) in [4.78, 5) is 19.4. The number of aromatic nitrogens is 1. The van der Waals surface area contributed by atoms with E-state index in [1.807, 2.05) is 24.3 Å². The van der Waals surface area contributed by atoms with Crippen LogP contribution >= 0.6 is 23.2 Å². The zero-order chi connectivity index (χ0) is 23.8. The van der Waals surface area contributed by atoms with Crippen LogP contribution in [0.5, 0.6) is 0 Å². The van der Waals surface area contributed by atoms with Crippen molar-refractivity contribution >= 4 is 46.3 Å². The van der Waals surface area contributed by atoms with Crippen molar-refractivity contribution in [2.24, 2.45) is 0 Å². The molecule has 0 saturated heterocycles. The number of aliphatic hydroxyl groups is 1. The minimum absolute atomic E-state index is 0.000843. The Balaban J connectivity index is 1.84. The number of anilines is 1. The first-order valence-corrected chi connectivity index (χ1v) is 11.7. The summed E-state index contributed by atoms with van der Waals surface area (Å²) in [5.74, 6) is -0.598. The number of amidine groups is 1. The molecule has 170 valence electrons. The van der Waals surface area contributed by atoms with E-state index in [1.165, 1.54) is 0 Å². The highest BCUT2D eigenvalue weighted by molar-refractivity contribution is 6.35. The summed E-state index contributed by atoms with van der Waals surface area (Å²) in [6, 6.07) is 17.8. The molecule has 0 bridgehead atoms. The topological polar surface area (TPSA) is 77.3 Å². The lowest BCUT2D eigenvalue weighted by molar-refractivity contribution is -0.116. The molecule has 0 fully saturated rings. The molecule has 2 aliphatic rings. The third-order valence-corrected chi connectivity index (χ3v) is 6.62. The Morgan fingerprint density at radius 2 is 1.76 bits per heavy atom. The third kappa shape index (κ3) is 3.91. The summed E-state index contributed by atoms with van der Waals surface area (Å²) in [5.41, 5.74) is 3.53. The second kappa shape index (κ2) is 9.09. The van der Waals surface area contributed by atoms with Gasteiger partial charge in [0.05, 0.1) is 5.69 Å². The third-order valence-electron chi connectivity index (χ3n) is 6.18. The van der Waals surface area contributed by atoms with E-state index in [1.54, 1.807) is 53.7 Å². The van der Waals surface area contributed by atoms with E-state index in [2.05, 4.69) is 4.98 Å². The van der Waals surface area contributed by atoms with Crippen molar-refractivity contribution < 1.29 is 9.90 Å². The molecular weight excluding hydrogens is 469 g/mol. The Labute approximate surface area is 207 Å². The van der Waals surface area contributed by atoms with E-state index in [9.17, 15) is 15.3 Å². The van der Waals surface area contributed by atoms with Gasteiger partial charge in [-0.1, -0.05) is 59.6 Å². The van der Waals surface area contributed by atoms with Crippen molar-refractivity contribution in [2.75, 3.05) is 4.90 Å². The molecule has 3 aromatic rings. The lowest BCUT2D eigenvalue weighted by Crippen LogP contribution is -2.42. The van der Waals surface area contributed by atoms with Crippen LogP contribution in [0.15, 0.2) is 89.9 Å². The maximum Gasteiger partial charge on any atom is 0.161 e. The molecule has 2 N–H and O–H groups in total. The number of hydrogen-bond donors (Lipinski definition) is 2. The first-order chi connectivity index (χ1) is 16.5. The molecule has 0 radical (unpaired) electrons. The summed E-state index contributed by atoms with van der Waals surface area (Å²) in [5, 5.41) is 21.6. The summed E-state index contributed by atoms with van der Waals surface area (Å²) in [7, 11) is 0. The molecule has 1 aromatic heterocycles. The molecule has 2 heterocycles. The van der Waals surface area contributed by atoms with Crippen LogP contribution in [0.25, 0.3) is 5.76 Å². The average Bonchev–Trinajstić information content (AvgIpc) is 2.83. The zero-order valence-electron chi connectivity index (χ0n) is 18.1. The highest BCUT2D eigenvalue weighted by atomic mass is 35.5. The van der Waals surface area contributed by atoms with Gasteiger partial charge < -0.3 is 5.11 Å². The second-order valence-corrected chi connectivity index (χ2v) is 9.17. The monoisotopic (exact) mass is 489 g/mol. The molecule has 1 atom stereocenters. The quantitative estimate of drug-likeness (QED) is 0.390. The fraction of sp³-hybridized carbons (Fsp3) is 0.148. The fourth-order valence-corrected chi connectivity index (χ4v) is 5.29. The normalized spacial score (nSPS) is 19.8. The molecule has 34 heavy (non-hydrogen) atoms. The fourth-order valence-electron chi connectivity index (χ4n) is 4.78. The number of halogens is 2. The Kier molecular flexibility index (Phi) is 5.98. The smallest absolute Gasteiger partial charge is 0.161 e. The molecule has 5 rings (SSSR count). The Morgan fingerprint density at radius 3 is 2.44 bits per heavy atom. The lowest BCUT2D eigenvalue weighted by Gasteiger charge is -2.41. The number of Topliss-reactive ketones (excluding diaryl/α,β-unsaturated/α-hetero) is 1. The van der Waals surface area contributed by atoms with Gasteiger partial charge in [-0.25, -0.2) is 0 Å². The van der Waals surface area contributed by atoms with Gasteiger partial charge in [-0.3, -0.25) is 20.1 Å². The Bertz CT molecular complexity index is 1330. The highest BCUT2D eigenvalue weighted by Crippen LogP contribution is 2.48. The number of aliphatic hydroxyl groups excluding tert-OH is 1. The number of hydrogen-bond acceptors (Lipinski definition) is 4. The van der Waals surface area contributed by atoms with Crippen LogP contribution in [0.2, 0.25) is 10.0 Å². The van der Waals surface area contributed by atoms with Crippen LogP contribution < -0.4 is 4.90 Å². The number of ketones is 1. The SMILES string of the molecule is N=C1/C(=C(/O)c2ccccc2)C(c2cccnc2)C2=C(CCCC2=O)N1c1cc(Cl)cc(Cl)c1. The highest BCUT2D eigenvalue weighted by Gasteiger charge is 2.43. The number of carbonyl (C=O) groups is 1. The van der Waals surface area contributed by atoms with Gasteiger partial charge in [-0.2, -0.15) is 0 Å². The van der Waals surface area contributed by atoms with E-state index in [0.717, 1.165) is 11.3 Å². The lowest BCUT2D eigenvalue weighted by atomic mass is 9.74. The first kappa shape index (κ1) is 22.4. The standard InChI is InChI=1S/C27H21Cl2N3O2/c28-18-12-19(29)14-20(13-18)32-21-9-4-10-22(33)24(21)23(17-8-5-11-31-15-17)25(27(32)30)26(34)16-6-2-1-3-7-16/h1-3,5-8,11-15,23,30,34H,4,9-10H2/b26-25+,30-27?. The van der Waals surface area contributed by atoms with Gasteiger partial charge in [0.25, 0.3) is 0 Å². The number of nitrogens with zero attached hydrogens (tertiary/aromatic N) is 2. The summed E-state index contributed by atoms with van der Waals surface area (Å²) >= 11 is 12.6. The number of rotatable bonds is 3. The predicted molar refractivity (Wildman–Crippen MR) is 136 cm³/mol. The summed E-state index contributed by atoms with van der Waals surface area (Å²) < 4.78 is 0. The molecule has 7 heteroatoms. The minimum Gasteiger partial charge on any atom is -0.507 e. The Morgan fingerprint density at radius 1 is 1.03 bits per heavy atom. The molecule has 5 nitrogen and oxygen atoms in total. The van der Waals surface area contributed by atoms with Crippen LogP contribution in [-0.4, -0.2) is 21.7 Å². The van der Waals surface area contributed by atoms with E-state index in [-0.39, 0.29) is 17.4 Å². The van der Waals surface area contributed by atoms with E-state index in [0.29, 0.717) is 51.7 Å². The van der Waals surface area contributed by atoms with Gasteiger partial charge in [0.1, 0.15) is 11.6 Å². The van der Waals surface area contributed by atoms with Crippen LogP contribution in [0.4, 0.5) is 5.69 Å². The van der Waals surface area contributed by atoms with E-state index in [4.69, 9.17) is 23.2 Å². The predicted octanol–water partition coefficient (Wildman–Crippen LogP) is 6.95. The number of nitrogens with one attached hydrogen (secondary N) is 1. The van der Waals surface area contributed by atoms with Crippen LogP contribution in [0.3, 0.4) is 0 Å². The van der Waals surface area contributed by atoms with Crippen molar-refractivity contribution in [1.29, 1.82) is 5.41 Å². The van der Waals surface area contributed by atoms with E-state index < -0.39 is 5.92 Å². The van der Waals surface area contributed by atoms with Gasteiger partial charge in [-0.15, -0.1) is 0 Å². The first-order valence-electron chi connectivity index (χ1n) is 11.0.